The molecule has 2 aliphatic rings. The summed E-state index contributed by atoms with van der Waals surface area (Å²) in [4.78, 5) is 25.4. The van der Waals surface area contributed by atoms with Gasteiger partial charge in [0.25, 0.3) is 12.4 Å². The molecule has 3 heterocycles. The van der Waals surface area contributed by atoms with Crippen molar-refractivity contribution in [2.24, 2.45) is 0 Å². The number of hydrogen-bond donors (Lipinski definition) is 2. The molecule has 1 saturated heterocycles. The van der Waals surface area contributed by atoms with E-state index in [-0.39, 0.29) is 30.3 Å². The van der Waals surface area contributed by atoms with Crippen LogP contribution in [0.1, 0.15) is 41.3 Å². The van der Waals surface area contributed by atoms with Gasteiger partial charge in [-0.2, -0.15) is 0 Å². The topological polar surface area (TPSA) is 119 Å². The van der Waals surface area contributed by atoms with Crippen LogP contribution in [0.3, 0.4) is 0 Å². The number of amides is 1. The van der Waals surface area contributed by atoms with E-state index in [0.717, 1.165) is 29.3 Å². The number of sulfonamides is 1. The minimum absolute atomic E-state index is 0.0484. The molecule has 2 atom stereocenters. The van der Waals surface area contributed by atoms with Gasteiger partial charge in [-0.05, 0) is 61.1 Å². The molecular formula is C30H37FN4O6S. The summed E-state index contributed by atoms with van der Waals surface area (Å²) in [5.74, 6) is -0.912. The van der Waals surface area contributed by atoms with Crippen molar-refractivity contribution in [2.75, 3.05) is 36.9 Å². The Morgan fingerprint density at radius 1 is 1.24 bits per heavy atom. The monoisotopic (exact) mass is 600 g/mol. The van der Waals surface area contributed by atoms with Crippen LogP contribution >= 0.6 is 0 Å². The summed E-state index contributed by atoms with van der Waals surface area (Å²) in [5.41, 5.74) is 3.11. The third-order valence-corrected chi connectivity index (χ3v) is 9.92. The number of nitrogens with zero attached hydrogens (tertiary/aromatic N) is 2. The van der Waals surface area contributed by atoms with Gasteiger partial charge < -0.3 is 24.7 Å². The van der Waals surface area contributed by atoms with Gasteiger partial charge >= 0.3 is 0 Å². The van der Waals surface area contributed by atoms with E-state index >= 15 is 0 Å². The molecule has 12 heteroatoms. The van der Waals surface area contributed by atoms with Gasteiger partial charge in [0, 0.05) is 56.5 Å². The Hall–Kier alpha value is -3.48. The molecule has 5 rings (SSSR count). The van der Waals surface area contributed by atoms with E-state index in [1.165, 1.54) is 23.5 Å². The second-order valence-electron chi connectivity index (χ2n) is 10.9. The lowest BCUT2D eigenvalue weighted by Crippen LogP contribution is -2.51. The summed E-state index contributed by atoms with van der Waals surface area (Å²) in [6.45, 7) is 4.24. The average molecular weight is 601 g/mol. The first-order chi connectivity index (χ1) is 20.2. The highest BCUT2D eigenvalue weighted by Crippen LogP contribution is 2.35. The van der Waals surface area contributed by atoms with Crippen molar-refractivity contribution in [3.63, 3.8) is 0 Å². The summed E-state index contributed by atoms with van der Waals surface area (Å²) < 4.78 is 54.0. The molecule has 226 valence electrons. The number of nitrogens with one attached hydrogen (secondary N) is 2. The van der Waals surface area contributed by atoms with Gasteiger partial charge in [-0.1, -0.05) is 19.1 Å². The van der Waals surface area contributed by atoms with Crippen LogP contribution in [0.5, 0.6) is 0 Å². The normalized spacial score (nSPS) is 18.3. The van der Waals surface area contributed by atoms with E-state index in [4.69, 9.17) is 9.47 Å². The van der Waals surface area contributed by atoms with E-state index in [1.54, 1.807) is 24.3 Å². The number of anilines is 1. The van der Waals surface area contributed by atoms with Crippen LogP contribution in [0, 0.1) is 5.82 Å². The standard InChI is InChI=1S/C30H37FN4O6S/c1-3-21-18-35-9-12-42(38,39)34(2)27-16-22(15-25(21)29(27)35)30(37)33-26(14-20-5-4-6-23(31)13-20)28(41-19-36)17-32-24-7-10-40-11-8-24/h4-6,13,15-16,18-19,24,26,28,32H,3,7-12,14,17H2,1-2H3,(H,33,37)/t26-,28+/m0/s1. The number of carbonyl (C=O) groups excluding carboxylic acids is 2. The first-order valence-electron chi connectivity index (χ1n) is 14.3. The zero-order chi connectivity index (χ0) is 29.9. The summed E-state index contributed by atoms with van der Waals surface area (Å²) in [7, 11) is -2.08. The Morgan fingerprint density at radius 3 is 2.74 bits per heavy atom. The molecule has 0 radical (unpaired) electrons. The van der Waals surface area contributed by atoms with Crippen molar-refractivity contribution in [1.82, 2.24) is 15.2 Å². The zero-order valence-electron chi connectivity index (χ0n) is 23.8. The smallest absolute Gasteiger partial charge is 0.293 e. The maximum Gasteiger partial charge on any atom is 0.293 e. The van der Waals surface area contributed by atoms with Crippen LogP contribution in [0.25, 0.3) is 10.9 Å². The van der Waals surface area contributed by atoms with Gasteiger partial charge in [0.1, 0.15) is 11.9 Å². The second-order valence-corrected chi connectivity index (χ2v) is 13.0. The molecule has 2 aliphatic heterocycles. The Morgan fingerprint density at radius 2 is 2.02 bits per heavy atom. The predicted octanol–water partition coefficient (Wildman–Crippen LogP) is 2.77. The first kappa shape index (κ1) is 30.0. The molecule has 1 amide bonds. The highest BCUT2D eigenvalue weighted by Gasteiger charge is 2.31. The lowest BCUT2D eigenvalue weighted by molar-refractivity contribution is -0.134. The largest absolute Gasteiger partial charge is 0.461 e. The van der Waals surface area contributed by atoms with Crippen molar-refractivity contribution in [2.45, 2.75) is 57.3 Å². The molecule has 0 aliphatic carbocycles. The van der Waals surface area contributed by atoms with E-state index < -0.39 is 33.9 Å². The predicted molar refractivity (Wildman–Crippen MR) is 158 cm³/mol. The summed E-state index contributed by atoms with van der Waals surface area (Å²) in [6, 6.07) is 8.91. The van der Waals surface area contributed by atoms with Crippen LogP contribution in [0.15, 0.2) is 42.6 Å². The van der Waals surface area contributed by atoms with Gasteiger partial charge in [-0.3, -0.25) is 13.9 Å². The van der Waals surface area contributed by atoms with Crippen molar-refractivity contribution in [3.8, 4) is 0 Å². The van der Waals surface area contributed by atoms with Gasteiger partial charge in [-0.25, -0.2) is 12.8 Å². The first-order valence-corrected chi connectivity index (χ1v) is 15.9. The van der Waals surface area contributed by atoms with Crippen molar-refractivity contribution in [1.29, 1.82) is 0 Å². The fourth-order valence-electron chi connectivity index (χ4n) is 5.80. The molecule has 2 aromatic carbocycles. The van der Waals surface area contributed by atoms with Gasteiger partial charge in [0.05, 0.1) is 23.0 Å². The SMILES string of the molecule is CCc1cn2c3c(cc(C(=O)N[C@@H](Cc4cccc(F)c4)[C@@H](CNC4CCOCC4)OC=O)cc13)N(C)S(=O)(=O)CC2. The highest BCUT2D eigenvalue weighted by atomic mass is 32.2. The zero-order valence-corrected chi connectivity index (χ0v) is 24.7. The lowest BCUT2D eigenvalue weighted by atomic mass is 9.99. The van der Waals surface area contributed by atoms with Crippen LogP contribution in [-0.2, 0) is 43.7 Å². The molecule has 0 unspecified atom stereocenters. The Labute approximate surface area is 245 Å². The fourth-order valence-corrected chi connectivity index (χ4v) is 6.94. The average Bonchev–Trinajstić information content (AvgIpc) is 3.31. The van der Waals surface area contributed by atoms with E-state index in [0.29, 0.717) is 43.9 Å². The Bertz CT molecular complexity index is 1550. The Kier molecular flexibility index (Phi) is 9.14. The minimum Gasteiger partial charge on any atom is -0.461 e. The third-order valence-electron chi connectivity index (χ3n) is 8.19. The number of aromatic nitrogens is 1. The molecule has 0 spiro atoms. The quantitative estimate of drug-likeness (QED) is 0.325. The number of carbonyl (C=O) groups is 2. The van der Waals surface area contributed by atoms with Crippen LogP contribution in [0.2, 0.25) is 0 Å². The molecule has 0 saturated carbocycles. The van der Waals surface area contributed by atoms with Crippen molar-refractivity contribution < 1.29 is 31.9 Å². The third kappa shape index (κ3) is 6.45. The number of ether oxygens (including phenoxy) is 2. The second kappa shape index (κ2) is 12.8. The number of aryl methyl sites for hydroxylation is 2. The molecule has 42 heavy (non-hydrogen) atoms. The van der Waals surface area contributed by atoms with E-state index in [2.05, 4.69) is 10.6 Å². The Balaban J connectivity index is 1.48. The van der Waals surface area contributed by atoms with Crippen molar-refractivity contribution in [3.05, 3.63) is 65.1 Å². The summed E-state index contributed by atoms with van der Waals surface area (Å²) in [6.07, 6.45) is 3.74. The molecule has 1 aromatic heterocycles. The maximum atomic E-state index is 14.1. The summed E-state index contributed by atoms with van der Waals surface area (Å²) in [5, 5.41) is 7.25. The van der Waals surface area contributed by atoms with Crippen LogP contribution in [-0.4, -0.2) is 76.1 Å². The van der Waals surface area contributed by atoms with E-state index in [9.17, 15) is 22.4 Å². The molecule has 1 fully saturated rings. The molecule has 10 nitrogen and oxygen atoms in total. The van der Waals surface area contributed by atoms with Gasteiger partial charge in [-0.15, -0.1) is 0 Å². The number of hydrogen-bond acceptors (Lipinski definition) is 7. The van der Waals surface area contributed by atoms with Gasteiger partial charge in [0.2, 0.25) is 10.0 Å². The summed E-state index contributed by atoms with van der Waals surface area (Å²) >= 11 is 0. The van der Waals surface area contributed by atoms with E-state index in [1.807, 2.05) is 17.7 Å². The van der Waals surface area contributed by atoms with Crippen molar-refractivity contribution >= 4 is 39.0 Å². The minimum atomic E-state index is -3.58. The fraction of sp³-hybridized carbons (Fsp3) is 0.467. The molecular weight excluding hydrogens is 563 g/mol. The van der Waals surface area contributed by atoms with Gasteiger partial charge in [0.15, 0.2) is 0 Å². The molecule has 3 aromatic rings. The molecule has 0 bridgehead atoms. The number of halogens is 1. The number of rotatable bonds is 11. The highest BCUT2D eigenvalue weighted by molar-refractivity contribution is 7.92. The lowest BCUT2D eigenvalue weighted by Gasteiger charge is -2.30. The molecule has 2 N–H and O–H groups in total. The van der Waals surface area contributed by atoms with Crippen LogP contribution in [0.4, 0.5) is 10.1 Å². The van der Waals surface area contributed by atoms with Crippen LogP contribution < -0.4 is 14.9 Å². The maximum absolute atomic E-state index is 14.1. The number of benzene rings is 2.